The highest BCUT2D eigenvalue weighted by atomic mass is 14.6. The molecule has 0 radical (unpaired) electrons. The Labute approximate surface area is 80.0 Å². The third-order valence-electron chi connectivity index (χ3n) is 2.72. The second-order valence-electron chi connectivity index (χ2n) is 4.14. The van der Waals surface area contributed by atoms with E-state index in [0.717, 1.165) is 6.42 Å². The van der Waals surface area contributed by atoms with Gasteiger partial charge in [-0.25, -0.2) is 0 Å². The number of hydrogen-bond acceptors (Lipinski definition) is 1. The highest BCUT2D eigenvalue weighted by molar-refractivity contribution is 5.35. The van der Waals surface area contributed by atoms with E-state index in [0.29, 0.717) is 0 Å². The van der Waals surface area contributed by atoms with Crippen LogP contribution in [0.4, 0.5) is 0 Å². The predicted octanol–water partition coefficient (Wildman–Crippen LogP) is 2.06. The molecule has 0 aromatic heterocycles. The summed E-state index contributed by atoms with van der Waals surface area (Å²) >= 11 is 0. The first-order valence-electron chi connectivity index (χ1n) is 5.12. The van der Waals surface area contributed by atoms with E-state index in [-0.39, 0.29) is 6.04 Å². The molecule has 0 saturated heterocycles. The van der Waals surface area contributed by atoms with Crippen LogP contribution in [0.3, 0.4) is 0 Å². The Bertz CT molecular complexity index is 302. The standard InChI is InChI=1S/C12H17N/c1-9(13)7-10-5-6-11-3-2-4-12(11)8-10/h5-6,8-9H,2-4,7,13H2,1H3/t9-/m0/s1. The third kappa shape index (κ3) is 1.92. The average molecular weight is 175 g/mol. The van der Waals surface area contributed by atoms with Crippen LogP contribution in [0.1, 0.15) is 30.0 Å². The summed E-state index contributed by atoms with van der Waals surface area (Å²) < 4.78 is 0. The molecule has 1 aromatic rings. The van der Waals surface area contributed by atoms with Gasteiger partial charge in [0.1, 0.15) is 0 Å². The van der Waals surface area contributed by atoms with Crippen molar-refractivity contribution in [3.63, 3.8) is 0 Å². The number of fused-ring (bicyclic) bond motifs is 1. The molecule has 0 saturated carbocycles. The normalized spacial score (nSPS) is 17.1. The van der Waals surface area contributed by atoms with Crippen LogP contribution in [0.25, 0.3) is 0 Å². The summed E-state index contributed by atoms with van der Waals surface area (Å²) in [6.45, 7) is 2.06. The van der Waals surface area contributed by atoms with Gasteiger partial charge in [0.2, 0.25) is 0 Å². The molecule has 1 heteroatoms. The molecule has 1 aliphatic carbocycles. The van der Waals surface area contributed by atoms with E-state index in [1.54, 1.807) is 11.1 Å². The van der Waals surface area contributed by atoms with E-state index in [1.165, 1.54) is 24.8 Å². The van der Waals surface area contributed by atoms with E-state index >= 15 is 0 Å². The fourth-order valence-corrected chi connectivity index (χ4v) is 2.12. The van der Waals surface area contributed by atoms with Crippen LogP contribution in [0, 0.1) is 0 Å². The van der Waals surface area contributed by atoms with Crippen molar-refractivity contribution in [1.82, 2.24) is 0 Å². The lowest BCUT2D eigenvalue weighted by molar-refractivity contribution is 0.737. The van der Waals surface area contributed by atoms with Gasteiger partial charge in [0.15, 0.2) is 0 Å². The first-order chi connectivity index (χ1) is 6.25. The molecule has 2 N–H and O–H groups in total. The maximum absolute atomic E-state index is 5.77. The van der Waals surface area contributed by atoms with E-state index < -0.39 is 0 Å². The van der Waals surface area contributed by atoms with Crippen LogP contribution < -0.4 is 5.73 Å². The number of benzene rings is 1. The molecule has 13 heavy (non-hydrogen) atoms. The van der Waals surface area contributed by atoms with Gasteiger partial charge in [-0.3, -0.25) is 0 Å². The molecule has 1 atom stereocenters. The van der Waals surface area contributed by atoms with Gasteiger partial charge in [0, 0.05) is 6.04 Å². The van der Waals surface area contributed by atoms with Gasteiger partial charge in [0.25, 0.3) is 0 Å². The van der Waals surface area contributed by atoms with Crippen LogP contribution in [0.15, 0.2) is 18.2 Å². The Hall–Kier alpha value is -0.820. The lowest BCUT2D eigenvalue weighted by Gasteiger charge is -2.07. The predicted molar refractivity (Wildman–Crippen MR) is 55.8 cm³/mol. The molecule has 0 spiro atoms. The van der Waals surface area contributed by atoms with Crippen molar-refractivity contribution in [3.8, 4) is 0 Å². The fourth-order valence-electron chi connectivity index (χ4n) is 2.12. The maximum atomic E-state index is 5.77. The number of rotatable bonds is 2. The Kier molecular flexibility index (Phi) is 2.36. The topological polar surface area (TPSA) is 26.0 Å². The molecule has 70 valence electrons. The van der Waals surface area contributed by atoms with Gasteiger partial charge in [-0.2, -0.15) is 0 Å². The number of nitrogens with two attached hydrogens (primary N) is 1. The minimum absolute atomic E-state index is 0.277. The summed E-state index contributed by atoms with van der Waals surface area (Å²) in [7, 11) is 0. The smallest absolute Gasteiger partial charge is 0.00509 e. The van der Waals surface area contributed by atoms with E-state index in [4.69, 9.17) is 5.73 Å². The molecule has 0 unspecified atom stereocenters. The van der Waals surface area contributed by atoms with Crippen molar-refractivity contribution in [3.05, 3.63) is 34.9 Å². The van der Waals surface area contributed by atoms with Gasteiger partial charge in [-0.15, -0.1) is 0 Å². The molecule has 2 rings (SSSR count). The minimum Gasteiger partial charge on any atom is -0.328 e. The number of aryl methyl sites for hydroxylation is 2. The van der Waals surface area contributed by atoms with Gasteiger partial charge < -0.3 is 5.73 Å². The van der Waals surface area contributed by atoms with Crippen molar-refractivity contribution in [2.75, 3.05) is 0 Å². The van der Waals surface area contributed by atoms with Crippen LogP contribution in [0.5, 0.6) is 0 Å². The molecular formula is C12H17N. The van der Waals surface area contributed by atoms with Crippen molar-refractivity contribution in [2.24, 2.45) is 5.73 Å². The minimum atomic E-state index is 0.277. The molecule has 1 aliphatic rings. The number of hydrogen-bond donors (Lipinski definition) is 1. The molecule has 0 fully saturated rings. The van der Waals surface area contributed by atoms with Crippen molar-refractivity contribution < 1.29 is 0 Å². The van der Waals surface area contributed by atoms with E-state index in [9.17, 15) is 0 Å². The van der Waals surface area contributed by atoms with Crippen molar-refractivity contribution in [1.29, 1.82) is 0 Å². The lowest BCUT2D eigenvalue weighted by Crippen LogP contribution is -2.17. The largest absolute Gasteiger partial charge is 0.328 e. The molecule has 0 amide bonds. The second-order valence-corrected chi connectivity index (χ2v) is 4.14. The second kappa shape index (κ2) is 3.51. The maximum Gasteiger partial charge on any atom is 0.00509 e. The Morgan fingerprint density at radius 1 is 1.31 bits per heavy atom. The lowest BCUT2D eigenvalue weighted by atomic mass is 10.0. The van der Waals surface area contributed by atoms with Crippen LogP contribution >= 0.6 is 0 Å². The monoisotopic (exact) mass is 175 g/mol. The molecular weight excluding hydrogens is 158 g/mol. The fraction of sp³-hybridized carbons (Fsp3) is 0.500. The quantitative estimate of drug-likeness (QED) is 0.731. The zero-order chi connectivity index (χ0) is 9.26. The third-order valence-corrected chi connectivity index (χ3v) is 2.72. The summed E-state index contributed by atoms with van der Waals surface area (Å²) in [5.41, 5.74) is 10.3. The van der Waals surface area contributed by atoms with Crippen LogP contribution in [0.2, 0.25) is 0 Å². The highest BCUT2D eigenvalue weighted by Gasteiger charge is 2.10. The zero-order valence-corrected chi connectivity index (χ0v) is 8.22. The molecule has 1 nitrogen and oxygen atoms in total. The van der Waals surface area contributed by atoms with Gasteiger partial charge in [0.05, 0.1) is 0 Å². The summed E-state index contributed by atoms with van der Waals surface area (Å²) in [4.78, 5) is 0. The van der Waals surface area contributed by atoms with Gasteiger partial charge >= 0.3 is 0 Å². The van der Waals surface area contributed by atoms with E-state index in [2.05, 4.69) is 25.1 Å². The Balaban J connectivity index is 2.21. The summed E-state index contributed by atoms with van der Waals surface area (Å²) in [5, 5.41) is 0. The molecule has 1 aromatic carbocycles. The summed E-state index contributed by atoms with van der Waals surface area (Å²) in [5.74, 6) is 0. The first-order valence-corrected chi connectivity index (χ1v) is 5.12. The first kappa shape index (κ1) is 8.76. The van der Waals surface area contributed by atoms with Gasteiger partial charge in [-0.05, 0) is 49.3 Å². The Morgan fingerprint density at radius 2 is 2.08 bits per heavy atom. The van der Waals surface area contributed by atoms with E-state index in [1.807, 2.05) is 0 Å². The summed E-state index contributed by atoms with van der Waals surface area (Å²) in [6.07, 6.45) is 4.88. The SMILES string of the molecule is C[C@H](N)Cc1ccc2c(c1)CCC2. The molecule has 0 aliphatic heterocycles. The molecule has 0 heterocycles. The van der Waals surface area contributed by atoms with Crippen LogP contribution in [-0.4, -0.2) is 6.04 Å². The average Bonchev–Trinajstić information content (AvgIpc) is 2.49. The van der Waals surface area contributed by atoms with Crippen molar-refractivity contribution in [2.45, 2.75) is 38.6 Å². The van der Waals surface area contributed by atoms with Crippen molar-refractivity contribution >= 4 is 0 Å². The van der Waals surface area contributed by atoms with Gasteiger partial charge in [-0.1, -0.05) is 18.2 Å². The Morgan fingerprint density at radius 3 is 2.85 bits per heavy atom. The molecule has 0 bridgehead atoms. The summed E-state index contributed by atoms with van der Waals surface area (Å²) in [6, 6.07) is 7.12. The highest BCUT2D eigenvalue weighted by Crippen LogP contribution is 2.23. The zero-order valence-electron chi connectivity index (χ0n) is 8.22. The van der Waals surface area contributed by atoms with Crippen LogP contribution in [-0.2, 0) is 19.3 Å².